The van der Waals surface area contributed by atoms with Crippen LogP contribution in [-0.2, 0) is 6.54 Å². The first-order chi connectivity index (χ1) is 8.08. The van der Waals surface area contributed by atoms with Crippen LogP contribution in [0.4, 0.5) is 5.69 Å². The van der Waals surface area contributed by atoms with Crippen molar-refractivity contribution in [3.63, 3.8) is 0 Å². The van der Waals surface area contributed by atoms with Crippen LogP contribution in [0, 0.1) is 17.0 Å². The fraction of sp³-hybridized carbons (Fsp3) is 0.545. The molecule has 1 aliphatic rings. The lowest BCUT2D eigenvalue weighted by molar-refractivity contribution is -0.385. The first-order valence-corrected chi connectivity index (χ1v) is 5.67. The van der Waals surface area contributed by atoms with E-state index in [4.69, 9.17) is 0 Å². The van der Waals surface area contributed by atoms with Gasteiger partial charge in [0.25, 0.3) is 11.2 Å². The van der Waals surface area contributed by atoms with E-state index in [9.17, 15) is 14.9 Å². The summed E-state index contributed by atoms with van der Waals surface area (Å²) in [5.74, 6) is 0. The molecule has 2 rings (SSSR count). The van der Waals surface area contributed by atoms with Gasteiger partial charge in [0.1, 0.15) is 0 Å². The Balaban J connectivity index is 2.11. The second kappa shape index (κ2) is 4.67. The number of pyridine rings is 1. The number of nitrogens with zero attached hydrogens (tertiary/aromatic N) is 2. The average Bonchev–Trinajstić information content (AvgIpc) is 3.04. The standard InChI is InChI=1S/C11H15N3O3/c1-8-6-11(15)13(7-10(8)14(16)17)5-4-12-9-2-3-9/h6-7,9,12H,2-5H2,1H3. The van der Waals surface area contributed by atoms with E-state index in [1.807, 2.05) is 0 Å². The molecule has 1 aliphatic carbocycles. The summed E-state index contributed by atoms with van der Waals surface area (Å²) in [4.78, 5) is 21.9. The maximum absolute atomic E-state index is 11.6. The molecular formula is C11H15N3O3. The summed E-state index contributed by atoms with van der Waals surface area (Å²) >= 11 is 0. The summed E-state index contributed by atoms with van der Waals surface area (Å²) in [7, 11) is 0. The highest BCUT2D eigenvalue weighted by Gasteiger charge is 2.20. The maximum atomic E-state index is 11.6. The van der Waals surface area contributed by atoms with Gasteiger partial charge in [0.2, 0.25) is 0 Å². The molecule has 0 aromatic carbocycles. The van der Waals surface area contributed by atoms with Gasteiger partial charge in [-0.2, -0.15) is 0 Å². The van der Waals surface area contributed by atoms with E-state index in [0.717, 1.165) is 0 Å². The molecule has 0 unspecified atom stereocenters. The van der Waals surface area contributed by atoms with Gasteiger partial charge >= 0.3 is 0 Å². The van der Waals surface area contributed by atoms with Crippen molar-refractivity contribution in [1.29, 1.82) is 0 Å². The molecule has 6 nitrogen and oxygen atoms in total. The number of nitrogens with one attached hydrogen (secondary N) is 1. The smallest absolute Gasteiger partial charge is 0.288 e. The second-order valence-electron chi connectivity index (χ2n) is 4.36. The highest BCUT2D eigenvalue weighted by Crippen LogP contribution is 2.18. The van der Waals surface area contributed by atoms with Crippen LogP contribution in [0.2, 0.25) is 0 Å². The summed E-state index contributed by atoms with van der Waals surface area (Å²) in [6.07, 6.45) is 3.69. The third kappa shape index (κ3) is 2.91. The molecular weight excluding hydrogens is 222 g/mol. The topological polar surface area (TPSA) is 77.2 Å². The number of aromatic nitrogens is 1. The van der Waals surface area contributed by atoms with Gasteiger partial charge in [0.05, 0.1) is 11.1 Å². The van der Waals surface area contributed by atoms with Gasteiger partial charge in [-0.1, -0.05) is 0 Å². The van der Waals surface area contributed by atoms with Crippen LogP contribution >= 0.6 is 0 Å². The summed E-state index contributed by atoms with van der Waals surface area (Å²) < 4.78 is 1.39. The molecule has 1 heterocycles. The van der Waals surface area contributed by atoms with Gasteiger partial charge in [0.15, 0.2) is 0 Å². The second-order valence-corrected chi connectivity index (χ2v) is 4.36. The largest absolute Gasteiger partial charge is 0.312 e. The molecule has 0 saturated heterocycles. The van der Waals surface area contributed by atoms with Crippen molar-refractivity contribution in [2.75, 3.05) is 6.54 Å². The van der Waals surface area contributed by atoms with Gasteiger partial charge in [-0.3, -0.25) is 14.9 Å². The maximum Gasteiger partial charge on any atom is 0.288 e. The van der Waals surface area contributed by atoms with E-state index in [2.05, 4.69) is 5.32 Å². The van der Waals surface area contributed by atoms with Gasteiger partial charge in [0, 0.05) is 30.8 Å². The summed E-state index contributed by atoms with van der Waals surface area (Å²) in [6.45, 7) is 2.72. The molecule has 0 aliphatic heterocycles. The van der Waals surface area contributed by atoms with E-state index in [1.165, 1.54) is 29.7 Å². The number of nitro groups is 1. The van der Waals surface area contributed by atoms with E-state index in [0.29, 0.717) is 24.7 Å². The van der Waals surface area contributed by atoms with Crippen molar-refractivity contribution in [2.45, 2.75) is 32.4 Å². The van der Waals surface area contributed by atoms with Crippen LogP contribution in [0.5, 0.6) is 0 Å². The van der Waals surface area contributed by atoms with Crippen molar-refractivity contribution in [3.8, 4) is 0 Å². The first kappa shape index (κ1) is 11.8. The zero-order valence-electron chi connectivity index (χ0n) is 9.68. The Morgan fingerprint density at radius 1 is 1.59 bits per heavy atom. The van der Waals surface area contributed by atoms with Crippen LogP contribution in [-0.4, -0.2) is 22.1 Å². The zero-order chi connectivity index (χ0) is 12.4. The predicted octanol–water partition coefficient (Wildman–Crippen LogP) is 0.817. The molecule has 92 valence electrons. The Kier molecular flexibility index (Phi) is 3.23. The highest BCUT2D eigenvalue weighted by molar-refractivity contribution is 5.35. The zero-order valence-corrected chi connectivity index (χ0v) is 9.68. The number of rotatable bonds is 5. The van der Waals surface area contributed by atoms with Crippen molar-refractivity contribution in [1.82, 2.24) is 9.88 Å². The molecule has 1 aromatic rings. The number of hydrogen-bond donors (Lipinski definition) is 1. The lowest BCUT2D eigenvalue weighted by atomic mass is 10.2. The van der Waals surface area contributed by atoms with Gasteiger partial charge < -0.3 is 9.88 Å². The molecule has 1 N–H and O–H groups in total. The molecule has 0 spiro atoms. The summed E-state index contributed by atoms with van der Waals surface area (Å²) in [6, 6.07) is 1.89. The van der Waals surface area contributed by atoms with Crippen molar-refractivity contribution >= 4 is 5.69 Å². The van der Waals surface area contributed by atoms with Crippen molar-refractivity contribution in [2.24, 2.45) is 0 Å². The monoisotopic (exact) mass is 237 g/mol. The molecule has 1 saturated carbocycles. The number of hydrogen-bond acceptors (Lipinski definition) is 4. The van der Waals surface area contributed by atoms with Crippen molar-refractivity contribution < 1.29 is 4.92 Å². The van der Waals surface area contributed by atoms with Gasteiger partial charge in [-0.25, -0.2) is 0 Å². The minimum absolute atomic E-state index is 0.00368. The van der Waals surface area contributed by atoms with E-state index in [1.54, 1.807) is 6.92 Å². The molecule has 0 atom stereocenters. The van der Waals surface area contributed by atoms with Crippen LogP contribution < -0.4 is 10.9 Å². The quantitative estimate of drug-likeness (QED) is 0.607. The Morgan fingerprint density at radius 2 is 2.29 bits per heavy atom. The average molecular weight is 237 g/mol. The van der Waals surface area contributed by atoms with Crippen LogP contribution in [0.25, 0.3) is 0 Å². The lowest BCUT2D eigenvalue weighted by Gasteiger charge is -2.07. The molecule has 17 heavy (non-hydrogen) atoms. The number of aryl methyl sites for hydroxylation is 1. The summed E-state index contributed by atoms with van der Waals surface area (Å²) in [5, 5.41) is 14.0. The lowest BCUT2D eigenvalue weighted by Crippen LogP contribution is -2.28. The minimum atomic E-state index is -0.459. The third-order valence-corrected chi connectivity index (χ3v) is 2.86. The van der Waals surface area contributed by atoms with Gasteiger partial charge in [-0.05, 0) is 19.8 Å². The molecule has 1 aromatic heterocycles. The fourth-order valence-electron chi connectivity index (χ4n) is 1.70. The van der Waals surface area contributed by atoms with E-state index >= 15 is 0 Å². The van der Waals surface area contributed by atoms with E-state index < -0.39 is 4.92 Å². The third-order valence-electron chi connectivity index (χ3n) is 2.86. The Morgan fingerprint density at radius 3 is 2.88 bits per heavy atom. The highest BCUT2D eigenvalue weighted by atomic mass is 16.6. The SMILES string of the molecule is Cc1cc(=O)n(CCNC2CC2)cc1[N+](=O)[O-]. The Bertz CT molecular complexity index is 491. The minimum Gasteiger partial charge on any atom is -0.312 e. The van der Waals surface area contributed by atoms with E-state index in [-0.39, 0.29) is 11.2 Å². The Labute approximate surface area is 98.4 Å². The van der Waals surface area contributed by atoms with Crippen LogP contribution in [0.15, 0.2) is 17.1 Å². The van der Waals surface area contributed by atoms with Crippen LogP contribution in [0.3, 0.4) is 0 Å². The molecule has 0 amide bonds. The summed E-state index contributed by atoms with van der Waals surface area (Å²) in [5.41, 5.74) is 0.216. The molecule has 1 fully saturated rings. The Hall–Kier alpha value is -1.69. The van der Waals surface area contributed by atoms with Crippen molar-refractivity contribution in [3.05, 3.63) is 38.3 Å². The normalized spacial score (nSPS) is 14.9. The first-order valence-electron chi connectivity index (χ1n) is 5.67. The van der Waals surface area contributed by atoms with Crippen LogP contribution in [0.1, 0.15) is 18.4 Å². The molecule has 6 heteroatoms. The molecule has 0 bridgehead atoms. The molecule has 0 radical (unpaired) electrons. The fourth-order valence-corrected chi connectivity index (χ4v) is 1.70. The predicted molar refractivity (Wildman–Crippen MR) is 63.1 cm³/mol. The van der Waals surface area contributed by atoms with Gasteiger partial charge in [-0.15, -0.1) is 0 Å².